The van der Waals surface area contributed by atoms with Gasteiger partial charge in [0.2, 0.25) is 5.91 Å². The van der Waals surface area contributed by atoms with Crippen LogP contribution in [0.5, 0.6) is 0 Å². The van der Waals surface area contributed by atoms with Crippen molar-refractivity contribution in [1.29, 1.82) is 0 Å². The zero-order valence-electron chi connectivity index (χ0n) is 9.03. The van der Waals surface area contributed by atoms with Gasteiger partial charge in [-0.15, -0.1) is 0 Å². The molecule has 0 aromatic rings. The van der Waals surface area contributed by atoms with Crippen LogP contribution in [0.15, 0.2) is 0 Å². The molecule has 0 aliphatic carbocycles. The van der Waals surface area contributed by atoms with Gasteiger partial charge in [-0.3, -0.25) is 14.9 Å². The minimum atomic E-state index is -0.864. The van der Waals surface area contributed by atoms with Crippen LogP contribution in [0.25, 0.3) is 0 Å². The number of carboxylic acid groups (broad SMARTS) is 1. The smallest absolute Gasteiger partial charge is 0.305 e. The fraction of sp³-hybridized carbons (Fsp3) is 0.800. The lowest BCUT2D eigenvalue weighted by atomic mass is 10.1. The summed E-state index contributed by atoms with van der Waals surface area (Å²) in [6.07, 6.45) is 3.17. The molecule has 0 spiro atoms. The maximum atomic E-state index is 11.3. The first-order valence-corrected chi connectivity index (χ1v) is 5.33. The first-order chi connectivity index (χ1) is 7.11. The molecule has 15 heavy (non-hydrogen) atoms. The molecule has 0 aromatic carbocycles. The molecule has 1 heterocycles. The van der Waals surface area contributed by atoms with Gasteiger partial charge in [0, 0.05) is 13.5 Å². The van der Waals surface area contributed by atoms with Crippen molar-refractivity contribution in [3.63, 3.8) is 0 Å². The molecule has 1 aliphatic heterocycles. The first kappa shape index (κ1) is 12.0. The minimum Gasteiger partial charge on any atom is -0.481 e. The monoisotopic (exact) mass is 214 g/mol. The molecular formula is C10H18N2O3. The van der Waals surface area contributed by atoms with Crippen molar-refractivity contribution in [2.75, 3.05) is 13.1 Å². The van der Waals surface area contributed by atoms with Crippen LogP contribution in [0, 0.1) is 0 Å². The molecule has 1 unspecified atom stereocenters. The third-order valence-electron chi connectivity index (χ3n) is 2.63. The lowest BCUT2D eigenvalue weighted by molar-refractivity contribution is -0.139. The van der Waals surface area contributed by atoms with E-state index in [9.17, 15) is 9.59 Å². The van der Waals surface area contributed by atoms with Gasteiger partial charge in [-0.05, 0) is 25.8 Å². The van der Waals surface area contributed by atoms with Gasteiger partial charge in [0.1, 0.15) is 0 Å². The van der Waals surface area contributed by atoms with Crippen LogP contribution in [-0.4, -0.2) is 41.1 Å². The van der Waals surface area contributed by atoms with Crippen LogP contribution in [0.1, 0.15) is 32.6 Å². The Bertz CT molecular complexity index is 237. The van der Waals surface area contributed by atoms with E-state index >= 15 is 0 Å². The maximum absolute atomic E-state index is 11.3. The lowest BCUT2D eigenvalue weighted by Gasteiger charge is -2.34. The van der Waals surface area contributed by atoms with Gasteiger partial charge >= 0.3 is 5.97 Å². The van der Waals surface area contributed by atoms with Crippen molar-refractivity contribution in [3.8, 4) is 0 Å². The Hall–Kier alpha value is -1.10. The van der Waals surface area contributed by atoms with E-state index in [0.717, 1.165) is 25.8 Å². The highest BCUT2D eigenvalue weighted by Gasteiger charge is 2.22. The lowest BCUT2D eigenvalue weighted by Crippen LogP contribution is -2.50. The summed E-state index contributed by atoms with van der Waals surface area (Å²) in [6, 6.07) is 0. The number of aliphatic carboxylic acids is 1. The Kier molecular flexibility index (Phi) is 4.55. The van der Waals surface area contributed by atoms with Crippen molar-refractivity contribution in [2.24, 2.45) is 0 Å². The third kappa shape index (κ3) is 3.87. The molecule has 0 aromatic heterocycles. The number of carboxylic acids is 1. The highest BCUT2D eigenvalue weighted by molar-refractivity contribution is 5.74. The number of nitrogens with zero attached hydrogens (tertiary/aromatic N) is 1. The van der Waals surface area contributed by atoms with E-state index in [1.807, 2.05) is 0 Å². The van der Waals surface area contributed by atoms with Crippen molar-refractivity contribution >= 4 is 11.9 Å². The highest BCUT2D eigenvalue weighted by Crippen LogP contribution is 2.12. The number of nitrogens with one attached hydrogen (secondary N) is 1. The number of carbonyl (C=O) groups excluding carboxylic acids is 1. The Morgan fingerprint density at radius 2 is 2.20 bits per heavy atom. The summed E-state index contributed by atoms with van der Waals surface area (Å²) >= 11 is 0. The second kappa shape index (κ2) is 5.70. The molecule has 1 rings (SSSR count). The van der Waals surface area contributed by atoms with Crippen LogP contribution in [0.2, 0.25) is 0 Å². The minimum absolute atomic E-state index is 0.0117. The van der Waals surface area contributed by atoms with E-state index < -0.39 is 5.97 Å². The van der Waals surface area contributed by atoms with Crippen molar-refractivity contribution in [2.45, 2.75) is 38.8 Å². The summed E-state index contributed by atoms with van der Waals surface area (Å²) in [6.45, 7) is 2.68. The number of carbonyl (C=O) groups is 2. The molecule has 86 valence electrons. The molecule has 1 aliphatic rings. The number of piperidine rings is 1. The van der Waals surface area contributed by atoms with Crippen LogP contribution < -0.4 is 5.32 Å². The summed E-state index contributed by atoms with van der Waals surface area (Å²) in [5.74, 6) is -0.923. The topological polar surface area (TPSA) is 69.6 Å². The van der Waals surface area contributed by atoms with Crippen molar-refractivity contribution in [3.05, 3.63) is 0 Å². The summed E-state index contributed by atoms with van der Waals surface area (Å²) in [5, 5.41) is 11.8. The van der Waals surface area contributed by atoms with Gasteiger partial charge in [0.05, 0.1) is 12.6 Å². The van der Waals surface area contributed by atoms with Crippen LogP contribution in [-0.2, 0) is 9.59 Å². The van der Waals surface area contributed by atoms with Gasteiger partial charge < -0.3 is 10.0 Å². The molecule has 5 nitrogen and oxygen atoms in total. The Morgan fingerprint density at radius 3 is 2.67 bits per heavy atom. The molecular weight excluding hydrogens is 196 g/mol. The van der Waals surface area contributed by atoms with Crippen LogP contribution in [0.4, 0.5) is 0 Å². The van der Waals surface area contributed by atoms with Gasteiger partial charge in [-0.25, -0.2) is 0 Å². The second-order valence-electron chi connectivity index (χ2n) is 3.82. The number of rotatable bonds is 4. The van der Waals surface area contributed by atoms with Gasteiger partial charge in [-0.1, -0.05) is 0 Å². The number of hydrogen-bond donors (Lipinski definition) is 2. The molecule has 1 atom stereocenters. The average molecular weight is 214 g/mol. The first-order valence-electron chi connectivity index (χ1n) is 5.33. The normalized spacial score (nSPS) is 21.0. The zero-order chi connectivity index (χ0) is 11.3. The number of amides is 1. The predicted octanol–water partition coefficient (Wildman–Crippen LogP) is 0.409. The van der Waals surface area contributed by atoms with E-state index in [2.05, 4.69) is 5.32 Å². The van der Waals surface area contributed by atoms with Gasteiger partial charge in [-0.2, -0.15) is 0 Å². The fourth-order valence-corrected chi connectivity index (χ4v) is 1.85. The van der Waals surface area contributed by atoms with Crippen molar-refractivity contribution in [1.82, 2.24) is 10.2 Å². The summed E-state index contributed by atoms with van der Waals surface area (Å²) in [5.41, 5.74) is 0. The van der Waals surface area contributed by atoms with E-state index in [0.29, 0.717) is 6.54 Å². The van der Waals surface area contributed by atoms with E-state index in [1.54, 1.807) is 4.90 Å². The largest absolute Gasteiger partial charge is 0.481 e. The highest BCUT2D eigenvalue weighted by atomic mass is 16.4. The molecule has 2 N–H and O–H groups in total. The standard InChI is InChI=1S/C10H18N2O3/c1-8(13)12(7-5-10(14)15)9-4-2-3-6-11-9/h9,11H,2-7H2,1H3,(H,14,15). The average Bonchev–Trinajstić information content (AvgIpc) is 2.18. The number of hydrogen-bond acceptors (Lipinski definition) is 3. The molecule has 0 radical (unpaired) electrons. The Morgan fingerprint density at radius 1 is 1.47 bits per heavy atom. The summed E-state index contributed by atoms with van der Waals surface area (Å²) in [7, 11) is 0. The van der Waals surface area contributed by atoms with Crippen molar-refractivity contribution < 1.29 is 14.7 Å². The fourth-order valence-electron chi connectivity index (χ4n) is 1.85. The van der Waals surface area contributed by atoms with E-state index in [1.165, 1.54) is 6.92 Å². The SMILES string of the molecule is CC(=O)N(CCC(=O)O)C1CCCCN1. The van der Waals surface area contributed by atoms with E-state index in [4.69, 9.17) is 5.11 Å². The van der Waals surface area contributed by atoms with Crippen LogP contribution >= 0.6 is 0 Å². The summed E-state index contributed by atoms with van der Waals surface area (Å²) < 4.78 is 0. The molecule has 0 saturated carbocycles. The zero-order valence-corrected chi connectivity index (χ0v) is 9.03. The molecule has 5 heteroatoms. The third-order valence-corrected chi connectivity index (χ3v) is 2.63. The predicted molar refractivity (Wildman–Crippen MR) is 55.3 cm³/mol. The second-order valence-corrected chi connectivity index (χ2v) is 3.82. The molecule has 1 amide bonds. The molecule has 0 bridgehead atoms. The van der Waals surface area contributed by atoms with Gasteiger partial charge in [0.25, 0.3) is 0 Å². The quantitative estimate of drug-likeness (QED) is 0.711. The molecule has 1 fully saturated rings. The summed E-state index contributed by atoms with van der Waals surface area (Å²) in [4.78, 5) is 23.4. The van der Waals surface area contributed by atoms with Gasteiger partial charge in [0.15, 0.2) is 0 Å². The Balaban J connectivity index is 2.48. The van der Waals surface area contributed by atoms with Crippen LogP contribution in [0.3, 0.4) is 0 Å². The molecule has 1 saturated heterocycles. The maximum Gasteiger partial charge on any atom is 0.305 e. The van der Waals surface area contributed by atoms with E-state index in [-0.39, 0.29) is 18.5 Å². The Labute approximate surface area is 89.4 Å².